The number of carbonyl (C=O) groups excluding carboxylic acids is 1. The van der Waals surface area contributed by atoms with Gasteiger partial charge in [0, 0.05) is 42.9 Å². The van der Waals surface area contributed by atoms with Gasteiger partial charge >= 0.3 is 0 Å². The molecule has 1 aliphatic heterocycles. The summed E-state index contributed by atoms with van der Waals surface area (Å²) in [4.78, 5) is 14.4. The lowest BCUT2D eigenvalue weighted by atomic mass is 9.92. The lowest BCUT2D eigenvalue weighted by Gasteiger charge is -2.18. The van der Waals surface area contributed by atoms with Crippen molar-refractivity contribution in [1.82, 2.24) is 4.90 Å². The molecule has 3 heteroatoms. The maximum absolute atomic E-state index is 12.2. The van der Waals surface area contributed by atoms with Gasteiger partial charge in [-0.2, -0.15) is 0 Å². The number of rotatable bonds is 1. The Bertz CT molecular complexity index is 599. The van der Waals surface area contributed by atoms with Crippen LogP contribution < -0.4 is 4.57 Å². The molecule has 0 aromatic carbocycles. The van der Waals surface area contributed by atoms with E-state index in [-0.39, 0.29) is 0 Å². The zero-order valence-electron chi connectivity index (χ0n) is 11.5. The van der Waals surface area contributed by atoms with Crippen LogP contribution in [-0.2, 0) is 11.8 Å². The molecule has 0 unspecified atom stereocenters. The molecule has 0 bridgehead atoms. The first-order chi connectivity index (χ1) is 9.15. The van der Waals surface area contributed by atoms with Gasteiger partial charge in [-0.05, 0) is 30.6 Å². The van der Waals surface area contributed by atoms with Gasteiger partial charge in [0.05, 0.1) is 0 Å². The molecule has 0 fully saturated rings. The van der Waals surface area contributed by atoms with Crippen LogP contribution in [0.3, 0.4) is 0 Å². The van der Waals surface area contributed by atoms with Crippen LogP contribution in [0.1, 0.15) is 24.8 Å². The monoisotopic (exact) mass is 255 g/mol. The second-order valence-corrected chi connectivity index (χ2v) is 5.43. The molecule has 0 amide bonds. The van der Waals surface area contributed by atoms with Crippen molar-refractivity contribution in [3.8, 4) is 0 Å². The highest BCUT2D eigenvalue weighted by molar-refractivity contribution is 6.03. The van der Waals surface area contributed by atoms with Crippen molar-refractivity contribution in [1.29, 1.82) is 0 Å². The normalized spacial score (nSPS) is 21.3. The van der Waals surface area contributed by atoms with Gasteiger partial charge in [-0.3, -0.25) is 4.79 Å². The molecule has 2 aliphatic rings. The third-order valence-electron chi connectivity index (χ3n) is 3.88. The molecule has 19 heavy (non-hydrogen) atoms. The van der Waals surface area contributed by atoms with E-state index >= 15 is 0 Å². The third kappa shape index (κ3) is 2.21. The fraction of sp³-hybridized carbons (Fsp3) is 0.375. The van der Waals surface area contributed by atoms with E-state index in [0.717, 1.165) is 30.5 Å². The van der Waals surface area contributed by atoms with Crippen LogP contribution in [0.4, 0.5) is 0 Å². The molecule has 1 aromatic heterocycles. The van der Waals surface area contributed by atoms with E-state index in [1.165, 1.54) is 11.3 Å². The van der Waals surface area contributed by atoms with Gasteiger partial charge in [0.15, 0.2) is 18.2 Å². The number of carbonyl (C=O) groups is 1. The predicted octanol–water partition coefficient (Wildman–Crippen LogP) is 1.85. The second-order valence-electron chi connectivity index (χ2n) is 5.43. The summed E-state index contributed by atoms with van der Waals surface area (Å²) in [7, 11) is 4.10. The average Bonchev–Trinajstić information content (AvgIpc) is 2.68. The van der Waals surface area contributed by atoms with Crippen molar-refractivity contribution in [3.05, 3.63) is 46.9 Å². The Morgan fingerprint density at radius 3 is 3.00 bits per heavy atom. The van der Waals surface area contributed by atoms with Crippen LogP contribution in [-0.4, -0.2) is 24.3 Å². The van der Waals surface area contributed by atoms with Crippen molar-refractivity contribution < 1.29 is 9.36 Å². The van der Waals surface area contributed by atoms with Gasteiger partial charge in [-0.25, -0.2) is 4.57 Å². The molecule has 0 spiro atoms. The minimum Gasteiger partial charge on any atom is -0.373 e. The van der Waals surface area contributed by atoms with Crippen LogP contribution in [0.25, 0.3) is 6.08 Å². The number of aryl methyl sites for hydroxylation is 1. The molecule has 0 saturated carbocycles. The highest BCUT2D eigenvalue weighted by atomic mass is 16.1. The van der Waals surface area contributed by atoms with E-state index in [4.69, 9.17) is 0 Å². The van der Waals surface area contributed by atoms with Gasteiger partial charge in [0.25, 0.3) is 0 Å². The maximum atomic E-state index is 12.2. The summed E-state index contributed by atoms with van der Waals surface area (Å²) < 4.78 is 2.03. The highest BCUT2D eigenvalue weighted by Gasteiger charge is 2.31. The molecule has 0 radical (unpaired) electrons. The minimum absolute atomic E-state index is 0.317. The Kier molecular flexibility index (Phi) is 2.97. The number of hydrogen-bond acceptors (Lipinski definition) is 2. The number of ketones is 1. The third-order valence-corrected chi connectivity index (χ3v) is 3.88. The second kappa shape index (κ2) is 4.65. The molecular weight excluding hydrogens is 236 g/mol. The van der Waals surface area contributed by atoms with E-state index in [1.807, 2.05) is 23.9 Å². The number of allylic oxidation sites excluding steroid dienone is 1. The van der Waals surface area contributed by atoms with E-state index < -0.39 is 0 Å². The van der Waals surface area contributed by atoms with Crippen LogP contribution in [0.15, 0.2) is 41.4 Å². The fourth-order valence-electron chi connectivity index (χ4n) is 3.02. The summed E-state index contributed by atoms with van der Waals surface area (Å²) in [5.74, 6) is 0.317. The lowest BCUT2D eigenvalue weighted by Crippen LogP contribution is -2.26. The maximum Gasteiger partial charge on any atom is 0.175 e. The van der Waals surface area contributed by atoms with E-state index in [2.05, 4.69) is 30.3 Å². The standard InChI is InChI=1S/C16H19N2O/c1-17-8-4-5-12(10-17)9-13-11-18(2)14-6-3-7-15(19)16(13)14/h4-5,8-10H,3,6-7,11H2,1-2H3/q+1. The number of pyridine rings is 1. The Morgan fingerprint density at radius 2 is 2.21 bits per heavy atom. The zero-order chi connectivity index (χ0) is 13.4. The van der Waals surface area contributed by atoms with E-state index in [9.17, 15) is 4.79 Å². The fourth-order valence-corrected chi connectivity index (χ4v) is 3.02. The molecule has 3 nitrogen and oxygen atoms in total. The Labute approximate surface area is 113 Å². The summed E-state index contributed by atoms with van der Waals surface area (Å²) in [6, 6.07) is 4.11. The Balaban J connectivity index is 2.02. The summed E-state index contributed by atoms with van der Waals surface area (Å²) in [5.41, 5.74) is 4.55. The van der Waals surface area contributed by atoms with Crippen molar-refractivity contribution in [3.63, 3.8) is 0 Å². The molecule has 3 rings (SSSR count). The molecule has 98 valence electrons. The van der Waals surface area contributed by atoms with Crippen LogP contribution in [0.2, 0.25) is 0 Å². The van der Waals surface area contributed by atoms with E-state index in [1.54, 1.807) is 0 Å². The highest BCUT2D eigenvalue weighted by Crippen LogP contribution is 2.35. The SMILES string of the molecule is CN1CC(=Cc2ccc[n+](C)c2)C2=C1CCCC2=O. The summed E-state index contributed by atoms with van der Waals surface area (Å²) in [6.07, 6.45) is 8.99. The number of likely N-dealkylation sites (N-methyl/N-ethyl adjacent to an activating group) is 1. The van der Waals surface area contributed by atoms with Crippen molar-refractivity contribution >= 4 is 11.9 Å². The number of Topliss-reactive ketones (excluding diaryl/α,β-unsaturated/α-hetero) is 1. The van der Waals surface area contributed by atoms with E-state index in [0.29, 0.717) is 12.2 Å². The molecule has 0 atom stereocenters. The first-order valence-corrected chi connectivity index (χ1v) is 6.79. The molecule has 1 aliphatic carbocycles. The van der Waals surface area contributed by atoms with Crippen LogP contribution in [0.5, 0.6) is 0 Å². The Hall–Kier alpha value is -1.90. The van der Waals surface area contributed by atoms with Gasteiger partial charge < -0.3 is 4.90 Å². The summed E-state index contributed by atoms with van der Waals surface area (Å²) >= 11 is 0. The quantitative estimate of drug-likeness (QED) is 0.715. The van der Waals surface area contributed by atoms with Gasteiger partial charge in [-0.15, -0.1) is 0 Å². The molecular formula is C16H19N2O+. The van der Waals surface area contributed by atoms with Crippen LogP contribution >= 0.6 is 0 Å². The van der Waals surface area contributed by atoms with Crippen molar-refractivity contribution in [2.75, 3.05) is 13.6 Å². The first-order valence-electron chi connectivity index (χ1n) is 6.79. The van der Waals surface area contributed by atoms with Gasteiger partial charge in [-0.1, -0.05) is 0 Å². The summed E-state index contributed by atoms with van der Waals surface area (Å²) in [6.45, 7) is 0.856. The van der Waals surface area contributed by atoms with Gasteiger partial charge in [0.2, 0.25) is 0 Å². The molecule has 0 saturated heterocycles. The largest absolute Gasteiger partial charge is 0.373 e. The predicted molar refractivity (Wildman–Crippen MR) is 74.1 cm³/mol. The number of aromatic nitrogens is 1. The number of nitrogens with zero attached hydrogens (tertiary/aromatic N) is 2. The first kappa shape index (κ1) is 12.2. The van der Waals surface area contributed by atoms with Gasteiger partial charge in [0.1, 0.15) is 7.05 Å². The Morgan fingerprint density at radius 1 is 1.37 bits per heavy atom. The minimum atomic E-state index is 0.317. The number of hydrogen-bond donors (Lipinski definition) is 0. The molecule has 1 aromatic rings. The van der Waals surface area contributed by atoms with Crippen LogP contribution in [0, 0.1) is 0 Å². The average molecular weight is 255 g/mol. The molecule has 2 heterocycles. The zero-order valence-corrected chi connectivity index (χ0v) is 11.5. The molecule has 0 N–H and O–H groups in total. The topological polar surface area (TPSA) is 24.2 Å². The van der Waals surface area contributed by atoms with Crippen molar-refractivity contribution in [2.24, 2.45) is 7.05 Å². The summed E-state index contributed by atoms with van der Waals surface area (Å²) in [5, 5.41) is 0. The smallest absolute Gasteiger partial charge is 0.175 e. The lowest BCUT2D eigenvalue weighted by molar-refractivity contribution is -0.671. The van der Waals surface area contributed by atoms with Crippen molar-refractivity contribution in [2.45, 2.75) is 19.3 Å².